The van der Waals surface area contributed by atoms with Crippen LogP contribution in [-0.2, 0) is 12.8 Å². The Labute approximate surface area is 123 Å². The minimum atomic E-state index is 0.0879. The van der Waals surface area contributed by atoms with E-state index in [0.717, 1.165) is 34.4 Å². The lowest BCUT2D eigenvalue weighted by molar-refractivity contribution is 0.0992. The van der Waals surface area contributed by atoms with Crippen molar-refractivity contribution in [3.8, 4) is 5.75 Å². The Morgan fingerprint density at radius 1 is 1.25 bits per heavy atom. The zero-order valence-electron chi connectivity index (χ0n) is 11.3. The van der Waals surface area contributed by atoms with E-state index >= 15 is 0 Å². The molecule has 0 N–H and O–H groups in total. The van der Waals surface area contributed by atoms with Gasteiger partial charge in [0.25, 0.3) is 0 Å². The van der Waals surface area contributed by atoms with Gasteiger partial charge in [-0.3, -0.25) is 4.79 Å². The van der Waals surface area contributed by atoms with Crippen molar-refractivity contribution >= 4 is 17.4 Å². The van der Waals surface area contributed by atoms with Crippen molar-refractivity contribution in [2.24, 2.45) is 0 Å². The molecule has 0 spiro atoms. The lowest BCUT2D eigenvalue weighted by atomic mass is 9.99. The molecular formula is C17H15ClO2. The maximum absolute atomic E-state index is 12.3. The van der Waals surface area contributed by atoms with E-state index < -0.39 is 0 Å². The standard InChI is InChI=1S/C17H15ClO2/c1-11-2-4-12(5-3-11)16(19)10-14-9-15(18)8-13-6-7-20-17(13)14/h2-5,8-9H,6-7,10H2,1H3. The van der Waals surface area contributed by atoms with Gasteiger partial charge in [-0.2, -0.15) is 0 Å². The Morgan fingerprint density at radius 2 is 2.00 bits per heavy atom. The summed E-state index contributed by atoms with van der Waals surface area (Å²) in [6, 6.07) is 11.4. The fourth-order valence-corrected chi connectivity index (χ4v) is 2.76. The summed E-state index contributed by atoms with van der Waals surface area (Å²) in [4.78, 5) is 12.3. The van der Waals surface area contributed by atoms with Crippen LogP contribution in [-0.4, -0.2) is 12.4 Å². The molecule has 2 aromatic rings. The highest BCUT2D eigenvalue weighted by molar-refractivity contribution is 6.30. The van der Waals surface area contributed by atoms with E-state index in [-0.39, 0.29) is 5.78 Å². The van der Waals surface area contributed by atoms with Crippen molar-refractivity contribution < 1.29 is 9.53 Å². The van der Waals surface area contributed by atoms with Crippen LogP contribution in [0.5, 0.6) is 5.75 Å². The number of benzene rings is 2. The lowest BCUT2D eigenvalue weighted by Crippen LogP contribution is -2.05. The minimum Gasteiger partial charge on any atom is -0.493 e. The Kier molecular flexibility index (Phi) is 3.49. The van der Waals surface area contributed by atoms with Gasteiger partial charge in [-0.25, -0.2) is 0 Å². The number of hydrogen-bond acceptors (Lipinski definition) is 2. The van der Waals surface area contributed by atoms with Crippen LogP contribution in [0.25, 0.3) is 0 Å². The van der Waals surface area contributed by atoms with Gasteiger partial charge in [-0.05, 0) is 24.6 Å². The minimum absolute atomic E-state index is 0.0879. The molecule has 2 nitrogen and oxygen atoms in total. The van der Waals surface area contributed by atoms with Crippen molar-refractivity contribution in [3.05, 3.63) is 63.7 Å². The van der Waals surface area contributed by atoms with Gasteiger partial charge in [0.05, 0.1) is 6.61 Å². The van der Waals surface area contributed by atoms with Crippen LogP contribution in [0.1, 0.15) is 27.0 Å². The molecule has 102 valence electrons. The molecule has 0 bridgehead atoms. The predicted octanol–water partition coefficient (Wildman–Crippen LogP) is 4.01. The smallest absolute Gasteiger partial charge is 0.167 e. The SMILES string of the molecule is Cc1ccc(C(=O)Cc2cc(Cl)cc3c2OCC3)cc1. The number of fused-ring (bicyclic) bond motifs is 1. The van der Waals surface area contributed by atoms with E-state index in [2.05, 4.69) is 0 Å². The quantitative estimate of drug-likeness (QED) is 0.797. The monoisotopic (exact) mass is 286 g/mol. The molecule has 1 aliphatic rings. The van der Waals surface area contributed by atoms with Crippen LogP contribution in [0, 0.1) is 6.92 Å². The first-order chi connectivity index (χ1) is 9.63. The largest absolute Gasteiger partial charge is 0.493 e. The number of Topliss-reactive ketones (excluding diaryl/α,β-unsaturated/α-hetero) is 1. The van der Waals surface area contributed by atoms with E-state index in [1.54, 1.807) is 0 Å². The second kappa shape index (κ2) is 5.29. The normalized spacial score (nSPS) is 12.9. The molecular weight excluding hydrogens is 272 g/mol. The van der Waals surface area contributed by atoms with Gasteiger partial charge in [0.15, 0.2) is 5.78 Å². The van der Waals surface area contributed by atoms with Gasteiger partial charge in [-0.15, -0.1) is 0 Å². The van der Waals surface area contributed by atoms with E-state index in [9.17, 15) is 4.79 Å². The van der Waals surface area contributed by atoms with Crippen LogP contribution in [0.2, 0.25) is 5.02 Å². The molecule has 3 rings (SSSR count). The predicted molar refractivity (Wildman–Crippen MR) is 79.9 cm³/mol. The molecule has 1 heterocycles. The van der Waals surface area contributed by atoms with Crippen LogP contribution in [0.3, 0.4) is 0 Å². The zero-order valence-corrected chi connectivity index (χ0v) is 12.0. The van der Waals surface area contributed by atoms with Gasteiger partial charge in [0.2, 0.25) is 0 Å². The second-order valence-electron chi connectivity index (χ2n) is 5.12. The number of halogens is 1. The number of ether oxygens (including phenoxy) is 1. The average Bonchev–Trinajstić information content (AvgIpc) is 2.87. The Bertz CT molecular complexity index is 659. The number of carbonyl (C=O) groups is 1. The van der Waals surface area contributed by atoms with Gasteiger partial charge in [0, 0.05) is 29.0 Å². The average molecular weight is 287 g/mol. The van der Waals surface area contributed by atoms with Crippen molar-refractivity contribution in [3.63, 3.8) is 0 Å². The molecule has 20 heavy (non-hydrogen) atoms. The maximum atomic E-state index is 12.3. The third kappa shape index (κ3) is 2.56. The molecule has 0 aliphatic carbocycles. The van der Waals surface area contributed by atoms with Crippen LogP contribution in [0.15, 0.2) is 36.4 Å². The van der Waals surface area contributed by atoms with E-state index in [1.807, 2.05) is 43.3 Å². The van der Waals surface area contributed by atoms with Crippen molar-refractivity contribution in [1.29, 1.82) is 0 Å². The first kappa shape index (κ1) is 13.2. The fraction of sp³-hybridized carbons (Fsp3) is 0.235. The fourth-order valence-electron chi connectivity index (χ4n) is 2.49. The molecule has 1 aliphatic heterocycles. The Hall–Kier alpha value is -1.80. The van der Waals surface area contributed by atoms with Crippen molar-refractivity contribution in [2.75, 3.05) is 6.61 Å². The highest BCUT2D eigenvalue weighted by Crippen LogP contribution is 2.33. The van der Waals surface area contributed by atoms with Crippen molar-refractivity contribution in [2.45, 2.75) is 19.8 Å². The third-order valence-electron chi connectivity index (χ3n) is 3.55. The summed E-state index contributed by atoms with van der Waals surface area (Å²) in [6.07, 6.45) is 1.19. The molecule has 0 aromatic heterocycles. The van der Waals surface area contributed by atoms with Crippen molar-refractivity contribution in [1.82, 2.24) is 0 Å². The molecule has 2 aromatic carbocycles. The number of aryl methyl sites for hydroxylation is 1. The first-order valence-electron chi connectivity index (χ1n) is 6.67. The summed E-state index contributed by atoms with van der Waals surface area (Å²) < 4.78 is 5.63. The Balaban J connectivity index is 1.88. The highest BCUT2D eigenvalue weighted by Gasteiger charge is 2.19. The molecule has 0 unspecified atom stereocenters. The zero-order chi connectivity index (χ0) is 14.1. The molecule has 0 atom stereocenters. The summed E-state index contributed by atoms with van der Waals surface area (Å²) >= 11 is 6.11. The van der Waals surface area contributed by atoms with E-state index in [4.69, 9.17) is 16.3 Å². The van der Waals surface area contributed by atoms with Crippen LogP contribution in [0.4, 0.5) is 0 Å². The van der Waals surface area contributed by atoms with Gasteiger partial charge in [0.1, 0.15) is 5.75 Å². The third-order valence-corrected chi connectivity index (χ3v) is 3.77. The second-order valence-corrected chi connectivity index (χ2v) is 5.55. The molecule has 0 saturated carbocycles. The molecule has 0 radical (unpaired) electrons. The molecule has 0 amide bonds. The van der Waals surface area contributed by atoms with Gasteiger partial charge >= 0.3 is 0 Å². The number of rotatable bonds is 3. The lowest BCUT2D eigenvalue weighted by Gasteiger charge is -2.08. The summed E-state index contributed by atoms with van der Waals surface area (Å²) in [6.45, 7) is 2.67. The van der Waals surface area contributed by atoms with E-state index in [1.165, 1.54) is 0 Å². The summed E-state index contributed by atoms with van der Waals surface area (Å²) in [5, 5.41) is 0.668. The van der Waals surface area contributed by atoms with Gasteiger partial charge in [-0.1, -0.05) is 41.4 Å². The number of carbonyl (C=O) groups excluding carboxylic acids is 1. The van der Waals surface area contributed by atoms with E-state index in [0.29, 0.717) is 18.1 Å². The topological polar surface area (TPSA) is 26.3 Å². The molecule has 0 fully saturated rings. The summed E-state index contributed by atoms with van der Waals surface area (Å²) in [7, 11) is 0. The van der Waals surface area contributed by atoms with Crippen LogP contribution >= 0.6 is 11.6 Å². The number of ketones is 1. The molecule has 0 saturated heterocycles. The summed E-state index contributed by atoms with van der Waals surface area (Å²) in [5.74, 6) is 0.930. The highest BCUT2D eigenvalue weighted by atomic mass is 35.5. The Morgan fingerprint density at radius 3 is 2.75 bits per heavy atom. The van der Waals surface area contributed by atoms with Crippen LogP contribution < -0.4 is 4.74 Å². The summed E-state index contributed by atoms with van der Waals surface area (Å²) in [5.41, 5.74) is 3.86. The molecule has 3 heteroatoms. The first-order valence-corrected chi connectivity index (χ1v) is 7.05. The number of hydrogen-bond donors (Lipinski definition) is 0. The maximum Gasteiger partial charge on any atom is 0.167 e. The van der Waals surface area contributed by atoms with Gasteiger partial charge < -0.3 is 4.74 Å².